The standard InChI is InChI=1S/C16H27NO/c1-2-3-4-5-6-7-8-9-10-14-11-12-15(18)13-16(14)17/h11-13,18H,2-10,17H2,1H3. The summed E-state index contributed by atoms with van der Waals surface area (Å²) >= 11 is 0. The fourth-order valence-corrected chi connectivity index (χ4v) is 2.26. The van der Waals surface area contributed by atoms with E-state index in [1.165, 1.54) is 56.9 Å². The Bertz CT molecular complexity index is 336. The van der Waals surface area contributed by atoms with E-state index in [0.29, 0.717) is 0 Å². The van der Waals surface area contributed by atoms with Gasteiger partial charge in [-0.2, -0.15) is 0 Å². The Morgan fingerprint density at radius 3 is 2.17 bits per heavy atom. The number of hydrogen-bond acceptors (Lipinski definition) is 2. The molecule has 2 heteroatoms. The highest BCUT2D eigenvalue weighted by Crippen LogP contribution is 2.20. The van der Waals surface area contributed by atoms with Crippen LogP contribution in [0.1, 0.15) is 63.9 Å². The third-order valence-corrected chi connectivity index (χ3v) is 3.43. The van der Waals surface area contributed by atoms with Crippen molar-refractivity contribution >= 4 is 5.69 Å². The summed E-state index contributed by atoms with van der Waals surface area (Å²) < 4.78 is 0. The first-order chi connectivity index (χ1) is 8.74. The van der Waals surface area contributed by atoms with Gasteiger partial charge in [0.15, 0.2) is 0 Å². The van der Waals surface area contributed by atoms with Crippen LogP contribution in [0.5, 0.6) is 5.75 Å². The van der Waals surface area contributed by atoms with Gasteiger partial charge in [-0.15, -0.1) is 0 Å². The maximum atomic E-state index is 9.27. The number of phenolic OH excluding ortho intramolecular Hbond substituents is 1. The highest BCUT2D eigenvalue weighted by atomic mass is 16.3. The van der Waals surface area contributed by atoms with Crippen molar-refractivity contribution in [1.82, 2.24) is 0 Å². The quantitative estimate of drug-likeness (QED) is 0.494. The van der Waals surface area contributed by atoms with Gasteiger partial charge in [-0.1, -0.05) is 57.9 Å². The van der Waals surface area contributed by atoms with Gasteiger partial charge in [0.25, 0.3) is 0 Å². The average Bonchev–Trinajstić information content (AvgIpc) is 2.35. The number of rotatable bonds is 9. The van der Waals surface area contributed by atoms with Gasteiger partial charge in [-0.3, -0.25) is 0 Å². The van der Waals surface area contributed by atoms with Crippen molar-refractivity contribution in [1.29, 1.82) is 0 Å². The number of benzene rings is 1. The lowest BCUT2D eigenvalue weighted by Gasteiger charge is -2.06. The van der Waals surface area contributed by atoms with E-state index in [9.17, 15) is 5.11 Å². The van der Waals surface area contributed by atoms with Gasteiger partial charge in [0.05, 0.1) is 0 Å². The number of unbranched alkanes of at least 4 members (excludes halogenated alkanes) is 7. The smallest absolute Gasteiger partial charge is 0.117 e. The highest BCUT2D eigenvalue weighted by molar-refractivity contribution is 5.50. The van der Waals surface area contributed by atoms with E-state index in [4.69, 9.17) is 5.73 Å². The first kappa shape index (κ1) is 14.9. The third-order valence-electron chi connectivity index (χ3n) is 3.43. The predicted octanol–water partition coefficient (Wildman–Crippen LogP) is 4.66. The van der Waals surface area contributed by atoms with E-state index in [1.807, 2.05) is 6.07 Å². The lowest BCUT2D eigenvalue weighted by Crippen LogP contribution is -1.94. The van der Waals surface area contributed by atoms with Gasteiger partial charge in [0.2, 0.25) is 0 Å². The van der Waals surface area contributed by atoms with Crippen LogP contribution in [0.25, 0.3) is 0 Å². The summed E-state index contributed by atoms with van der Waals surface area (Å²) in [6.45, 7) is 2.25. The Morgan fingerprint density at radius 1 is 0.944 bits per heavy atom. The maximum Gasteiger partial charge on any atom is 0.117 e. The van der Waals surface area contributed by atoms with Crippen LogP contribution < -0.4 is 5.73 Å². The molecule has 1 aromatic carbocycles. The SMILES string of the molecule is CCCCCCCCCCc1ccc(O)cc1N. The fourth-order valence-electron chi connectivity index (χ4n) is 2.26. The Morgan fingerprint density at radius 2 is 1.56 bits per heavy atom. The van der Waals surface area contributed by atoms with E-state index >= 15 is 0 Å². The second-order valence-electron chi connectivity index (χ2n) is 5.11. The van der Waals surface area contributed by atoms with E-state index in [1.54, 1.807) is 12.1 Å². The number of aromatic hydroxyl groups is 1. The molecule has 0 radical (unpaired) electrons. The number of nitrogen functional groups attached to an aromatic ring is 1. The Labute approximate surface area is 111 Å². The van der Waals surface area contributed by atoms with Crippen molar-refractivity contribution in [2.24, 2.45) is 0 Å². The topological polar surface area (TPSA) is 46.2 Å². The predicted molar refractivity (Wildman–Crippen MR) is 78.8 cm³/mol. The minimum absolute atomic E-state index is 0.257. The molecule has 1 aromatic rings. The van der Waals surface area contributed by atoms with Crippen molar-refractivity contribution in [3.05, 3.63) is 23.8 Å². The molecule has 0 aromatic heterocycles. The van der Waals surface area contributed by atoms with Crippen LogP contribution in [0.2, 0.25) is 0 Å². The molecule has 0 aliphatic heterocycles. The van der Waals surface area contributed by atoms with Crippen LogP contribution >= 0.6 is 0 Å². The molecule has 0 amide bonds. The van der Waals surface area contributed by atoms with Crippen LogP contribution in [-0.2, 0) is 6.42 Å². The Hall–Kier alpha value is -1.18. The maximum absolute atomic E-state index is 9.27. The second kappa shape index (κ2) is 8.84. The average molecular weight is 249 g/mol. The zero-order valence-electron chi connectivity index (χ0n) is 11.6. The molecule has 0 spiro atoms. The molecular formula is C16H27NO. The first-order valence-corrected chi connectivity index (χ1v) is 7.31. The van der Waals surface area contributed by atoms with Crippen LogP contribution in [0.15, 0.2) is 18.2 Å². The summed E-state index contributed by atoms with van der Waals surface area (Å²) in [6.07, 6.45) is 11.7. The monoisotopic (exact) mass is 249 g/mol. The van der Waals surface area contributed by atoms with Crippen LogP contribution in [-0.4, -0.2) is 5.11 Å². The minimum Gasteiger partial charge on any atom is -0.508 e. The zero-order valence-corrected chi connectivity index (χ0v) is 11.6. The van der Waals surface area contributed by atoms with Gasteiger partial charge in [-0.05, 0) is 24.5 Å². The molecule has 0 saturated heterocycles. The lowest BCUT2D eigenvalue weighted by atomic mass is 10.0. The molecule has 1 rings (SSSR count). The van der Waals surface area contributed by atoms with Crippen LogP contribution in [0.4, 0.5) is 5.69 Å². The molecular weight excluding hydrogens is 222 g/mol. The molecule has 3 N–H and O–H groups in total. The lowest BCUT2D eigenvalue weighted by molar-refractivity contribution is 0.475. The van der Waals surface area contributed by atoms with Gasteiger partial charge < -0.3 is 10.8 Å². The second-order valence-corrected chi connectivity index (χ2v) is 5.11. The van der Waals surface area contributed by atoms with Crippen molar-refractivity contribution < 1.29 is 5.11 Å². The zero-order chi connectivity index (χ0) is 13.2. The summed E-state index contributed by atoms with van der Waals surface area (Å²) in [6, 6.07) is 5.29. The molecule has 0 heterocycles. The Kier molecular flexibility index (Phi) is 7.31. The summed E-state index contributed by atoms with van der Waals surface area (Å²) in [7, 11) is 0. The largest absolute Gasteiger partial charge is 0.508 e. The molecule has 0 saturated carbocycles. The summed E-state index contributed by atoms with van der Waals surface area (Å²) in [4.78, 5) is 0. The fraction of sp³-hybridized carbons (Fsp3) is 0.625. The van der Waals surface area contributed by atoms with Gasteiger partial charge in [0.1, 0.15) is 5.75 Å². The van der Waals surface area contributed by atoms with Crippen molar-refractivity contribution in [2.75, 3.05) is 5.73 Å². The molecule has 0 atom stereocenters. The normalized spacial score (nSPS) is 10.7. The molecule has 0 aliphatic rings. The van der Waals surface area contributed by atoms with Crippen LogP contribution in [0.3, 0.4) is 0 Å². The molecule has 18 heavy (non-hydrogen) atoms. The molecule has 102 valence electrons. The van der Waals surface area contributed by atoms with Gasteiger partial charge >= 0.3 is 0 Å². The van der Waals surface area contributed by atoms with Gasteiger partial charge in [0, 0.05) is 11.8 Å². The summed E-state index contributed by atoms with van der Waals surface area (Å²) in [5.74, 6) is 0.257. The van der Waals surface area contributed by atoms with E-state index in [2.05, 4.69) is 6.92 Å². The number of phenols is 1. The van der Waals surface area contributed by atoms with Gasteiger partial charge in [-0.25, -0.2) is 0 Å². The number of anilines is 1. The molecule has 0 aliphatic carbocycles. The summed E-state index contributed by atoms with van der Waals surface area (Å²) in [5.41, 5.74) is 7.74. The number of hydrogen-bond donors (Lipinski definition) is 2. The first-order valence-electron chi connectivity index (χ1n) is 7.31. The molecule has 2 nitrogen and oxygen atoms in total. The number of aryl methyl sites for hydroxylation is 1. The highest BCUT2D eigenvalue weighted by Gasteiger charge is 2.00. The van der Waals surface area contributed by atoms with Crippen molar-refractivity contribution in [2.45, 2.75) is 64.7 Å². The van der Waals surface area contributed by atoms with Crippen LogP contribution in [0, 0.1) is 0 Å². The van der Waals surface area contributed by atoms with E-state index in [-0.39, 0.29) is 5.75 Å². The molecule has 0 fully saturated rings. The molecule has 0 bridgehead atoms. The van der Waals surface area contributed by atoms with Crippen molar-refractivity contribution in [3.8, 4) is 5.75 Å². The Balaban J connectivity index is 2.07. The summed E-state index contributed by atoms with van der Waals surface area (Å²) in [5, 5.41) is 9.27. The number of nitrogens with two attached hydrogens (primary N) is 1. The minimum atomic E-state index is 0.257. The molecule has 0 unspecified atom stereocenters. The van der Waals surface area contributed by atoms with E-state index in [0.717, 1.165) is 12.1 Å². The third kappa shape index (κ3) is 5.95. The van der Waals surface area contributed by atoms with Crippen molar-refractivity contribution in [3.63, 3.8) is 0 Å². The van der Waals surface area contributed by atoms with E-state index < -0.39 is 0 Å².